The monoisotopic (exact) mass is 350 g/mol. The van der Waals surface area contributed by atoms with Crippen molar-refractivity contribution in [2.24, 2.45) is 23.2 Å². The van der Waals surface area contributed by atoms with E-state index in [2.05, 4.69) is 33.9 Å². The fraction of sp³-hybridized carbons (Fsp3) is 0.900. The molecule has 3 fully saturated rings. The third-order valence-electron chi connectivity index (χ3n) is 7.51. The Labute approximate surface area is 148 Å². The van der Waals surface area contributed by atoms with Gasteiger partial charge in [-0.1, -0.05) is 40.5 Å². The lowest BCUT2D eigenvalue weighted by atomic mass is 9.61. The van der Waals surface area contributed by atoms with E-state index in [0.29, 0.717) is 12.3 Å². The van der Waals surface area contributed by atoms with E-state index in [0.717, 1.165) is 25.7 Å². The molecule has 2 bridgehead atoms. The van der Waals surface area contributed by atoms with Gasteiger partial charge in [-0.15, -0.1) is 0 Å². The first-order chi connectivity index (χ1) is 11.0. The van der Waals surface area contributed by atoms with Gasteiger partial charge in [0.05, 0.1) is 12.0 Å². The summed E-state index contributed by atoms with van der Waals surface area (Å²) in [5.74, 6) is 0.372. The van der Waals surface area contributed by atoms with Gasteiger partial charge in [0.1, 0.15) is 11.6 Å². The van der Waals surface area contributed by atoms with Crippen LogP contribution in [0.25, 0.3) is 0 Å². The second-order valence-corrected chi connectivity index (χ2v) is 14.9. The minimum Gasteiger partial charge on any atom is -0.413 e. The van der Waals surface area contributed by atoms with E-state index in [1.807, 2.05) is 6.92 Å². The van der Waals surface area contributed by atoms with Gasteiger partial charge in [-0.2, -0.15) is 0 Å². The quantitative estimate of drug-likeness (QED) is 0.533. The van der Waals surface area contributed by atoms with Gasteiger partial charge in [-0.25, -0.2) is 0 Å². The lowest BCUT2D eigenvalue weighted by Crippen LogP contribution is -2.57. The summed E-state index contributed by atoms with van der Waals surface area (Å²) in [5, 5.41) is 0.151. The molecule has 0 saturated heterocycles. The number of ketones is 2. The third kappa shape index (κ3) is 2.65. The van der Waals surface area contributed by atoms with Crippen LogP contribution in [0.5, 0.6) is 0 Å². The fourth-order valence-corrected chi connectivity index (χ4v) is 6.69. The molecule has 0 amide bonds. The molecule has 4 heteroatoms. The maximum atomic E-state index is 12.8. The second-order valence-electron chi connectivity index (χ2n) is 10.1. The van der Waals surface area contributed by atoms with Gasteiger partial charge < -0.3 is 4.43 Å². The molecule has 0 aromatic heterocycles. The standard InChI is InChI=1S/C20H34O3Si/c1-13-12-20-10-8-7-9-14(11-15(21)16(20)17(13)22)18(20)23-24(5,6)19(2,3)4/h13-14,16,18H,7-12H2,1-6H3/t13-,14-,16?,18-,20-/m0/s1. The summed E-state index contributed by atoms with van der Waals surface area (Å²) in [6.07, 6.45) is 5.92. The van der Waals surface area contributed by atoms with Gasteiger partial charge in [0.15, 0.2) is 8.32 Å². The van der Waals surface area contributed by atoms with Gasteiger partial charge in [0, 0.05) is 17.8 Å². The van der Waals surface area contributed by atoms with E-state index in [1.165, 1.54) is 6.42 Å². The lowest BCUT2D eigenvalue weighted by Gasteiger charge is -2.51. The van der Waals surface area contributed by atoms with Crippen molar-refractivity contribution in [1.82, 2.24) is 0 Å². The zero-order valence-electron chi connectivity index (χ0n) is 16.3. The molecule has 1 unspecified atom stereocenters. The molecule has 1 spiro atoms. The number of hydrogen-bond acceptors (Lipinski definition) is 3. The van der Waals surface area contributed by atoms with Crippen LogP contribution in [-0.4, -0.2) is 26.0 Å². The van der Waals surface area contributed by atoms with Crippen LogP contribution in [0.15, 0.2) is 0 Å². The number of rotatable bonds is 2. The Morgan fingerprint density at radius 2 is 1.83 bits per heavy atom. The van der Waals surface area contributed by atoms with Crippen molar-refractivity contribution in [2.75, 3.05) is 0 Å². The number of carbonyl (C=O) groups excluding carboxylic acids is 2. The first-order valence-electron chi connectivity index (χ1n) is 9.74. The van der Waals surface area contributed by atoms with Crippen molar-refractivity contribution in [3.05, 3.63) is 0 Å². The summed E-state index contributed by atoms with van der Waals surface area (Å²) < 4.78 is 6.97. The van der Waals surface area contributed by atoms with E-state index in [-0.39, 0.29) is 40.0 Å². The van der Waals surface area contributed by atoms with E-state index >= 15 is 0 Å². The van der Waals surface area contributed by atoms with Gasteiger partial charge in [0.25, 0.3) is 0 Å². The van der Waals surface area contributed by atoms with E-state index in [1.54, 1.807) is 0 Å². The van der Waals surface area contributed by atoms with Crippen molar-refractivity contribution in [2.45, 2.75) is 90.5 Å². The molecule has 0 aliphatic heterocycles. The molecule has 0 radical (unpaired) electrons. The summed E-state index contributed by atoms with van der Waals surface area (Å²) in [5.41, 5.74) is -0.206. The maximum absolute atomic E-state index is 12.8. The van der Waals surface area contributed by atoms with Crippen LogP contribution >= 0.6 is 0 Å². The largest absolute Gasteiger partial charge is 0.413 e. The molecule has 136 valence electrons. The highest BCUT2D eigenvalue weighted by Gasteiger charge is 2.64. The number of carbonyl (C=O) groups is 2. The highest BCUT2D eigenvalue weighted by molar-refractivity contribution is 6.74. The molecule has 3 aliphatic carbocycles. The third-order valence-corrected chi connectivity index (χ3v) is 12.0. The van der Waals surface area contributed by atoms with Gasteiger partial charge in [0.2, 0.25) is 0 Å². The topological polar surface area (TPSA) is 43.4 Å². The Balaban J connectivity index is 2.03. The molecular weight excluding hydrogens is 316 g/mol. The van der Waals surface area contributed by atoms with Crippen LogP contribution in [-0.2, 0) is 14.0 Å². The summed E-state index contributed by atoms with van der Waals surface area (Å²) in [6, 6.07) is 0. The first-order valence-corrected chi connectivity index (χ1v) is 12.6. The maximum Gasteiger partial charge on any atom is 0.192 e. The molecule has 0 aromatic rings. The SMILES string of the molecule is C[C@H]1C[C@@]23CCCC[C@@H](CC(=O)C2C1=O)[C@@H]3O[Si](C)(C)C(C)(C)C. The Hall–Kier alpha value is -0.483. The smallest absolute Gasteiger partial charge is 0.192 e. The van der Waals surface area contributed by atoms with Gasteiger partial charge in [-0.3, -0.25) is 9.59 Å². The molecule has 0 N–H and O–H groups in total. The summed E-state index contributed by atoms with van der Waals surface area (Å²) >= 11 is 0. The van der Waals surface area contributed by atoms with Crippen LogP contribution in [0.1, 0.15) is 66.2 Å². The number of fused-ring (bicyclic) bond motifs is 1. The molecule has 24 heavy (non-hydrogen) atoms. The predicted molar refractivity (Wildman–Crippen MR) is 98.4 cm³/mol. The molecule has 0 heterocycles. The van der Waals surface area contributed by atoms with Crippen molar-refractivity contribution < 1.29 is 14.0 Å². The average Bonchev–Trinajstić information content (AvgIpc) is 2.64. The zero-order chi connectivity index (χ0) is 17.9. The van der Waals surface area contributed by atoms with E-state index in [9.17, 15) is 9.59 Å². The van der Waals surface area contributed by atoms with Crippen LogP contribution in [0, 0.1) is 23.2 Å². The Morgan fingerprint density at radius 3 is 2.46 bits per heavy atom. The highest BCUT2D eigenvalue weighted by Crippen LogP contribution is 2.60. The van der Waals surface area contributed by atoms with Crippen molar-refractivity contribution in [3.63, 3.8) is 0 Å². The predicted octanol–water partition coefficient (Wildman–Crippen LogP) is 4.75. The van der Waals surface area contributed by atoms with E-state index in [4.69, 9.17) is 4.43 Å². The molecule has 5 atom stereocenters. The first kappa shape index (κ1) is 18.3. The summed E-state index contributed by atoms with van der Waals surface area (Å²) in [6.45, 7) is 13.5. The summed E-state index contributed by atoms with van der Waals surface area (Å²) in [7, 11) is -1.93. The van der Waals surface area contributed by atoms with Gasteiger partial charge in [-0.05, 0) is 43.3 Å². The van der Waals surface area contributed by atoms with E-state index < -0.39 is 8.32 Å². The second kappa shape index (κ2) is 5.77. The average molecular weight is 351 g/mol. The molecule has 0 aromatic carbocycles. The molecule has 3 saturated carbocycles. The number of hydrogen-bond donors (Lipinski definition) is 0. The van der Waals surface area contributed by atoms with Crippen molar-refractivity contribution in [3.8, 4) is 0 Å². The van der Waals surface area contributed by atoms with Crippen LogP contribution in [0.2, 0.25) is 18.1 Å². The Kier molecular flexibility index (Phi) is 4.40. The summed E-state index contributed by atoms with van der Waals surface area (Å²) in [4.78, 5) is 25.6. The fourth-order valence-electron chi connectivity index (χ4n) is 5.28. The lowest BCUT2D eigenvalue weighted by molar-refractivity contribution is -0.148. The highest BCUT2D eigenvalue weighted by atomic mass is 28.4. The normalized spacial score (nSPS) is 40.4. The van der Waals surface area contributed by atoms with Gasteiger partial charge >= 0.3 is 0 Å². The molecule has 3 aliphatic rings. The zero-order valence-corrected chi connectivity index (χ0v) is 17.3. The molecule has 3 rings (SSSR count). The van der Waals surface area contributed by atoms with Crippen LogP contribution in [0.3, 0.4) is 0 Å². The number of Topliss-reactive ketones (excluding diaryl/α,β-unsaturated/α-hetero) is 2. The minimum atomic E-state index is -1.93. The van der Waals surface area contributed by atoms with Crippen molar-refractivity contribution in [1.29, 1.82) is 0 Å². The van der Waals surface area contributed by atoms with Crippen LogP contribution in [0.4, 0.5) is 0 Å². The van der Waals surface area contributed by atoms with Crippen LogP contribution < -0.4 is 0 Å². The van der Waals surface area contributed by atoms with Crippen molar-refractivity contribution >= 4 is 19.9 Å². The Morgan fingerprint density at radius 1 is 1.17 bits per heavy atom. The molecular formula is C20H34O3Si. The molecule has 3 nitrogen and oxygen atoms in total. The minimum absolute atomic E-state index is 0.0151. The Bertz CT molecular complexity index is 548.